The van der Waals surface area contributed by atoms with Crippen LogP contribution in [0.1, 0.15) is 17.4 Å². The monoisotopic (exact) mass is 391 g/mol. The summed E-state index contributed by atoms with van der Waals surface area (Å²) in [4.78, 5) is 18.8. The summed E-state index contributed by atoms with van der Waals surface area (Å²) in [7, 11) is 0. The zero-order valence-corrected chi connectivity index (χ0v) is 15.5. The molecule has 0 bridgehead atoms. The van der Waals surface area contributed by atoms with Gasteiger partial charge in [-0.25, -0.2) is 4.98 Å². The highest BCUT2D eigenvalue weighted by atomic mass is 35.5. The van der Waals surface area contributed by atoms with Crippen LogP contribution in [0.15, 0.2) is 23.6 Å². The average Bonchev–Trinajstić information content (AvgIpc) is 2.99. The molecular formula is C15H16Cl3N3OS. The number of halogens is 3. The molecule has 2 heterocycles. The smallest absolute Gasteiger partial charge is 0.273 e. The third-order valence-corrected chi connectivity index (χ3v) is 5.18. The topological polar surface area (TPSA) is 45.2 Å². The zero-order valence-electron chi connectivity index (χ0n) is 12.4. The predicted molar refractivity (Wildman–Crippen MR) is 98.2 cm³/mol. The fourth-order valence-electron chi connectivity index (χ4n) is 2.41. The van der Waals surface area contributed by atoms with Gasteiger partial charge in [-0.15, -0.1) is 23.7 Å². The number of nitrogens with one attached hydrogen (secondary N) is 1. The molecule has 124 valence electrons. The van der Waals surface area contributed by atoms with E-state index in [0.29, 0.717) is 34.9 Å². The van der Waals surface area contributed by atoms with Gasteiger partial charge in [0, 0.05) is 36.6 Å². The van der Waals surface area contributed by atoms with E-state index in [4.69, 9.17) is 23.2 Å². The van der Waals surface area contributed by atoms with E-state index in [1.165, 1.54) is 11.3 Å². The minimum atomic E-state index is -0.0177. The van der Waals surface area contributed by atoms with E-state index in [0.717, 1.165) is 17.1 Å². The fraction of sp³-hybridized carbons (Fsp3) is 0.333. The van der Waals surface area contributed by atoms with E-state index in [1.807, 2.05) is 11.0 Å². The van der Waals surface area contributed by atoms with Crippen LogP contribution in [-0.4, -0.2) is 41.5 Å². The molecular weight excluding hydrogens is 377 g/mol. The van der Waals surface area contributed by atoms with Gasteiger partial charge in [-0.3, -0.25) is 4.79 Å². The largest absolute Gasteiger partial charge is 0.334 e. The predicted octanol–water partition coefficient (Wildman–Crippen LogP) is 3.97. The number of thiazole rings is 1. The number of hydrogen-bond acceptors (Lipinski definition) is 4. The maximum absolute atomic E-state index is 12.5. The Morgan fingerprint density at radius 3 is 2.87 bits per heavy atom. The molecule has 1 unspecified atom stereocenters. The van der Waals surface area contributed by atoms with Crippen LogP contribution in [-0.2, 0) is 0 Å². The van der Waals surface area contributed by atoms with Gasteiger partial charge in [0.15, 0.2) is 0 Å². The van der Waals surface area contributed by atoms with E-state index in [2.05, 4.69) is 17.2 Å². The van der Waals surface area contributed by atoms with Crippen molar-refractivity contribution in [2.45, 2.75) is 13.0 Å². The number of carbonyl (C=O) groups excluding carboxylic acids is 1. The third kappa shape index (κ3) is 4.17. The molecule has 1 aliphatic rings. The molecule has 8 heteroatoms. The molecule has 0 spiro atoms. The maximum Gasteiger partial charge on any atom is 0.273 e. The summed E-state index contributed by atoms with van der Waals surface area (Å²) in [5.41, 5.74) is 1.35. The molecule has 1 aromatic heterocycles. The van der Waals surface area contributed by atoms with Gasteiger partial charge in [-0.05, 0) is 19.1 Å². The lowest BCUT2D eigenvalue weighted by atomic mass is 10.2. The Balaban J connectivity index is 0.00000192. The minimum Gasteiger partial charge on any atom is -0.334 e. The molecule has 0 aliphatic carbocycles. The first-order chi connectivity index (χ1) is 10.5. The van der Waals surface area contributed by atoms with E-state index >= 15 is 0 Å². The van der Waals surface area contributed by atoms with Crippen molar-refractivity contribution >= 4 is 52.9 Å². The number of piperazine rings is 1. The lowest BCUT2D eigenvalue weighted by Crippen LogP contribution is -2.51. The molecule has 1 aliphatic heterocycles. The van der Waals surface area contributed by atoms with Crippen molar-refractivity contribution in [2.75, 3.05) is 19.6 Å². The van der Waals surface area contributed by atoms with Crippen LogP contribution >= 0.6 is 46.9 Å². The quantitative estimate of drug-likeness (QED) is 0.841. The molecule has 1 amide bonds. The first-order valence-electron chi connectivity index (χ1n) is 6.98. The standard InChI is InChI=1S/C15H15Cl2N3OS.ClH/c1-9-7-20(5-4-18-9)15(21)13-8-22-14(19-13)10-2-3-11(16)12(17)6-10;/h2-3,6,8-9,18H,4-5,7H2,1H3;1H. The van der Waals surface area contributed by atoms with Crippen LogP contribution in [0.2, 0.25) is 10.0 Å². The van der Waals surface area contributed by atoms with E-state index < -0.39 is 0 Å². The van der Waals surface area contributed by atoms with Crippen molar-refractivity contribution in [2.24, 2.45) is 0 Å². The molecule has 0 radical (unpaired) electrons. The Morgan fingerprint density at radius 2 is 2.17 bits per heavy atom. The summed E-state index contributed by atoms with van der Waals surface area (Å²) in [5.74, 6) is -0.0177. The van der Waals surface area contributed by atoms with Crippen LogP contribution in [0.25, 0.3) is 10.6 Å². The summed E-state index contributed by atoms with van der Waals surface area (Å²) in [6.45, 7) is 4.31. The van der Waals surface area contributed by atoms with Crippen LogP contribution in [0.4, 0.5) is 0 Å². The number of rotatable bonds is 2. The first kappa shape index (κ1) is 18.5. The lowest BCUT2D eigenvalue weighted by Gasteiger charge is -2.31. The Hall–Kier alpha value is -0.850. The SMILES string of the molecule is CC1CN(C(=O)c2csc(-c3ccc(Cl)c(Cl)c3)n2)CCN1.Cl. The van der Waals surface area contributed by atoms with Crippen LogP contribution < -0.4 is 5.32 Å². The third-order valence-electron chi connectivity index (χ3n) is 3.55. The van der Waals surface area contributed by atoms with Gasteiger partial charge in [0.05, 0.1) is 10.0 Å². The van der Waals surface area contributed by atoms with Gasteiger partial charge in [-0.2, -0.15) is 0 Å². The number of aromatic nitrogens is 1. The molecule has 0 saturated carbocycles. The summed E-state index contributed by atoms with van der Waals surface area (Å²) < 4.78 is 0. The molecule has 1 N–H and O–H groups in total. The molecule has 2 aromatic rings. The van der Waals surface area contributed by atoms with Gasteiger partial charge in [0.1, 0.15) is 10.7 Å². The molecule has 4 nitrogen and oxygen atoms in total. The van der Waals surface area contributed by atoms with Crippen molar-refractivity contribution in [1.82, 2.24) is 15.2 Å². The number of hydrogen-bond donors (Lipinski definition) is 1. The summed E-state index contributed by atoms with van der Waals surface area (Å²) in [6, 6.07) is 5.67. The Kier molecular flexibility index (Phi) is 6.28. The molecule has 1 aromatic carbocycles. The van der Waals surface area contributed by atoms with Crippen molar-refractivity contribution in [3.05, 3.63) is 39.3 Å². The van der Waals surface area contributed by atoms with E-state index in [1.54, 1.807) is 17.5 Å². The fourth-order valence-corrected chi connectivity index (χ4v) is 3.50. The van der Waals surface area contributed by atoms with Gasteiger partial charge in [-0.1, -0.05) is 29.3 Å². The lowest BCUT2D eigenvalue weighted by molar-refractivity contribution is 0.0704. The molecule has 1 saturated heterocycles. The van der Waals surface area contributed by atoms with Gasteiger partial charge < -0.3 is 10.2 Å². The Morgan fingerprint density at radius 1 is 1.39 bits per heavy atom. The maximum atomic E-state index is 12.5. The Bertz CT molecular complexity index is 707. The molecule has 3 rings (SSSR count). The molecule has 1 atom stereocenters. The van der Waals surface area contributed by atoms with Crippen molar-refractivity contribution in [3.63, 3.8) is 0 Å². The normalized spacial score (nSPS) is 17.7. The summed E-state index contributed by atoms with van der Waals surface area (Å²) in [5, 5.41) is 6.88. The van der Waals surface area contributed by atoms with Crippen molar-refractivity contribution in [3.8, 4) is 10.6 Å². The van der Waals surface area contributed by atoms with E-state index in [9.17, 15) is 4.79 Å². The second-order valence-corrected chi connectivity index (χ2v) is 6.95. The highest BCUT2D eigenvalue weighted by Gasteiger charge is 2.23. The van der Waals surface area contributed by atoms with Gasteiger partial charge in [0.25, 0.3) is 5.91 Å². The van der Waals surface area contributed by atoms with Gasteiger partial charge in [0.2, 0.25) is 0 Å². The second kappa shape index (κ2) is 7.81. The van der Waals surface area contributed by atoms with Crippen molar-refractivity contribution < 1.29 is 4.79 Å². The molecule has 1 fully saturated rings. The van der Waals surface area contributed by atoms with Crippen LogP contribution in [0.5, 0.6) is 0 Å². The number of benzene rings is 1. The first-order valence-corrected chi connectivity index (χ1v) is 8.62. The number of carbonyl (C=O) groups is 1. The average molecular weight is 393 g/mol. The number of amides is 1. The Labute approximate surface area is 155 Å². The summed E-state index contributed by atoms with van der Waals surface area (Å²) in [6.07, 6.45) is 0. The van der Waals surface area contributed by atoms with Crippen molar-refractivity contribution in [1.29, 1.82) is 0 Å². The zero-order chi connectivity index (χ0) is 15.7. The highest BCUT2D eigenvalue weighted by molar-refractivity contribution is 7.13. The minimum absolute atomic E-state index is 0. The van der Waals surface area contributed by atoms with Gasteiger partial charge >= 0.3 is 0 Å². The number of nitrogens with zero attached hydrogens (tertiary/aromatic N) is 2. The van der Waals surface area contributed by atoms with E-state index in [-0.39, 0.29) is 18.3 Å². The molecule has 23 heavy (non-hydrogen) atoms. The second-order valence-electron chi connectivity index (χ2n) is 5.27. The summed E-state index contributed by atoms with van der Waals surface area (Å²) >= 11 is 13.4. The van der Waals surface area contributed by atoms with Crippen LogP contribution in [0.3, 0.4) is 0 Å². The highest BCUT2D eigenvalue weighted by Crippen LogP contribution is 2.30. The van der Waals surface area contributed by atoms with Crippen LogP contribution in [0, 0.1) is 0 Å².